The van der Waals surface area contributed by atoms with Crippen molar-refractivity contribution in [1.82, 2.24) is 20.4 Å². The number of carbonyl (C=O) groups excluding carboxylic acids is 1. The molecule has 19 heavy (non-hydrogen) atoms. The zero-order chi connectivity index (χ0) is 13.1. The summed E-state index contributed by atoms with van der Waals surface area (Å²) in [5, 5.41) is 10.9. The second-order valence-electron chi connectivity index (χ2n) is 5.58. The summed E-state index contributed by atoms with van der Waals surface area (Å²) < 4.78 is 1.97. The van der Waals surface area contributed by atoms with Crippen molar-refractivity contribution in [2.75, 3.05) is 6.54 Å². The molecule has 3 rings (SSSR count). The molecule has 0 radical (unpaired) electrons. The summed E-state index contributed by atoms with van der Waals surface area (Å²) >= 11 is 0. The van der Waals surface area contributed by atoms with Crippen LogP contribution in [0.25, 0.3) is 0 Å². The van der Waals surface area contributed by atoms with Gasteiger partial charge in [0.05, 0.1) is 5.69 Å². The van der Waals surface area contributed by atoms with Crippen molar-refractivity contribution in [3.8, 4) is 0 Å². The van der Waals surface area contributed by atoms with E-state index in [9.17, 15) is 4.79 Å². The van der Waals surface area contributed by atoms with Gasteiger partial charge in [0, 0.05) is 20.6 Å². The van der Waals surface area contributed by atoms with Crippen LogP contribution in [-0.2, 0) is 13.1 Å². The van der Waals surface area contributed by atoms with Crippen molar-refractivity contribution >= 4 is 5.91 Å². The maximum Gasteiger partial charge on any atom is 0.272 e. The predicted molar refractivity (Wildman–Crippen MR) is 75.0 cm³/mol. The molecule has 2 heterocycles. The molecule has 2 N–H and O–H groups in total. The SMILES string of the molecule is O=C(NC1CCCCC1)c1cc2n(n1)CCCNC2.[HH]. The number of fused-ring (bicyclic) bond motifs is 1. The second-order valence-corrected chi connectivity index (χ2v) is 5.58. The van der Waals surface area contributed by atoms with Crippen LogP contribution in [0, 0.1) is 0 Å². The van der Waals surface area contributed by atoms with Crippen LogP contribution in [0.4, 0.5) is 0 Å². The van der Waals surface area contributed by atoms with Crippen molar-refractivity contribution in [2.24, 2.45) is 0 Å². The van der Waals surface area contributed by atoms with Gasteiger partial charge in [0.25, 0.3) is 5.91 Å². The fourth-order valence-corrected chi connectivity index (χ4v) is 2.98. The zero-order valence-electron chi connectivity index (χ0n) is 11.3. The van der Waals surface area contributed by atoms with Gasteiger partial charge in [0.1, 0.15) is 5.69 Å². The van der Waals surface area contributed by atoms with E-state index >= 15 is 0 Å². The summed E-state index contributed by atoms with van der Waals surface area (Å²) in [7, 11) is 0. The Bertz CT molecular complexity index is 431. The Morgan fingerprint density at radius 3 is 3.05 bits per heavy atom. The number of nitrogens with one attached hydrogen (secondary N) is 2. The highest BCUT2D eigenvalue weighted by molar-refractivity contribution is 5.92. The highest BCUT2D eigenvalue weighted by Gasteiger charge is 2.20. The molecule has 1 fully saturated rings. The van der Waals surface area contributed by atoms with Gasteiger partial charge in [-0.1, -0.05) is 19.3 Å². The standard InChI is InChI=1S/C14H22N4O.H2/c19-14(16-11-5-2-1-3-6-11)13-9-12-10-15-7-4-8-18(12)17-13;/h9,11,15H,1-8,10H2,(H,16,19);1H. The summed E-state index contributed by atoms with van der Waals surface area (Å²) in [5.74, 6) is -0.00697. The number of rotatable bonds is 2. The highest BCUT2D eigenvalue weighted by atomic mass is 16.2. The van der Waals surface area contributed by atoms with Gasteiger partial charge >= 0.3 is 0 Å². The Hall–Kier alpha value is -1.36. The van der Waals surface area contributed by atoms with Crippen molar-refractivity contribution < 1.29 is 6.22 Å². The number of hydrogen-bond acceptors (Lipinski definition) is 3. The first-order chi connectivity index (χ1) is 9.33. The quantitative estimate of drug-likeness (QED) is 0.854. The Kier molecular flexibility index (Phi) is 3.82. The van der Waals surface area contributed by atoms with Crippen LogP contribution >= 0.6 is 0 Å². The normalized spacial score (nSPS) is 20.6. The fraction of sp³-hybridized carbons (Fsp3) is 0.714. The maximum atomic E-state index is 12.2. The minimum absolute atomic E-state index is 0. The number of carbonyl (C=O) groups is 1. The summed E-state index contributed by atoms with van der Waals surface area (Å²) in [5.41, 5.74) is 1.69. The van der Waals surface area contributed by atoms with E-state index < -0.39 is 0 Å². The third kappa shape index (κ3) is 2.97. The van der Waals surface area contributed by atoms with E-state index in [0.717, 1.165) is 44.6 Å². The second kappa shape index (κ2) is 5.74. The van der Waals surface area contributed by atoms with Crippen molar-refractivity contribution in [2.45, 2.75) is 57.7 Å². The van der Waals surface area contributed by atoms with Crippen LogP contribution in [-0.4, -0.2) is 28.3 Å². The highest BCUT2D eigenvalue weighted by Crippen LogP contribution is 2.18. The lowest BCUT2D eigenvalue weighted by molar-refractivity contribution is 0.0921. The van der Waals surface area contributed by atoms with Gasteiger partial charge in [-0.15, -0.1) is 0 Å². The summed E-state index contributed by atoms with van der Waals surface area (Å²) in [4.78, 5) is 12.2. The van der Waals surface area contributed by atoms with Crippen LogP contribution in [0.5, 0.6) is 0 Å². The Balaban J connectivity index is 0.00000147. The maximum absolute atomic E-state index is 12.2. The Labute approximate surface area is 115 Å². The predicted octanol–water partition coefficient (Wildman–Crippen LogP) is 1.68. The van der Waals surface area contributed by atoms with E-state index in [2.05, 4.69) is 15.7 Å². The molecule has 0 bridgehead atoms. The third-order valence-corrected chi connectivity index (χ3v) is 4.07. The van der Waals surface area contributed by atoms with E-state index in [4.69, 9.17) is 0 Å². The average Bonchev–Trinajstić information content (AvgIpc) is 2.72. The first-order valence-electron chi connectivity index (χ1n) is 7.41. The van der Waals surface area contributed by atoms with E-state index in [-0.39, 0.29) is 7.33 Å². The topological polar surface area (TPSA) is 59.0 Å². The third-order valence-electron chi connectivity index (χ3n) is 4.07. The van der Waals surface area contributed by atoms with Gasteiger partial charge in [-0.2, -0.15) is 5.10 Å². The van der Waals surface area contributed by atoms with Crippen LogP contribution in [0.1, 0.15) is 56.1 Å². The molecule has 106 valence electrons. The average molecular weight is 264 g/mol. The molecule has 0 saturated heterocycles. The Morgan fingerprint density at radius 1 is 1.37 bits per heavy atom. The Morgan fingerprint density at radius 2 is 2.21 bits per heavy atom. The van der Waals surface area contributed by atoms with Gasteiger partial charge in [0.2, 0.25) is 0 Å². The molecule has 1 saturated carbocycles. The van der Waals surface area contributed by atoms with Gasteiger partial charge in [-0.3, -0.25) is 9.48 Å². The fourth-order valence-electron chi connectivity index (χ4n) is 2.98. The van der Waals surface area contributed by atoms with Crippen LogP contribution in [0.2, 0.25) is 0 Å². The number of aromatic nitrogens is 2. The summed E-state index contributed by atoms with van der Waals surface area (Å²) in [6.07, 6.45) is 7.06. The number of aryl methyl sites for hydroxylation is 1. The van der Waals surface area contributed by atoms with Gasteiger partial charge in [0.15, 0.2) is 0 Å². The van der Waals surface area contributed by atoms with Crippen molar-refractivity contribution in [3.05, 3.63) is 17.5 Å². The molecular formula is C14H24N4O. The van der Waals surface area contributed by atoms with E-state index in [1.165, 1.54) is 19.3 Å². The van der Waals surface area contributed by atoms with Crippen molar-refractivity contribution in [1.29, 1.82) is 0 Å². The monoisotopic (exact) mass is 264 g/mol. The largest absolute Gasteiger partial charge is 0.348 e. The van der Waals surface area contributed by atoms with E-state index in [0.29, 0.717) is 11.7 Å². The molecule has 1 aliphatic carbocycles. The molecule has 0 spiro atoms. The molecule has 1 amide bonds. The number of hydrogen-bond donors (Lipinski definition) is 2. The van der Waals surface area contributed by atoms with Crippen LogP contribution < -0.4 is 10.6 Å². The lowest BCUT2D eigenvalue weighted by Crippen LogP contribution is -2.36. The molecule has 1 aromatic rings. The molecule has 1 aliphatic heterocycles. The first-order valence-corrected chi connectivity index (χ1v) is 7.41. The molecule has 5 nitrogen and oxygen atoms in total. The molecule has 0 unspecified atom stereocenters. The summed E-state index contributed by atoms with van der Waals surface area (Å²) in [6.45, 7) is 2.73. The van der Waals surface area contributed by atoms with Gasteiger partial charge < -0.3 is 10.6 Å². The lowest BCUT2D eigenvalue weighted by atomic mass is 9.95. The molecular weight excluding hydrogens is 240 g/mol. The lowest BCUT2D eigenvalue weighted by Gasteiger charge is -2.22. The molecule has 0 atom stereocenters. The minimum Gasteiger partial charge on any atom is -0.348 e. The van der Waals surface area contributed by atoms with Crippen molar-refractivity contribution in [3.63, 3.8) is 0 Å². The van der Waals surface area contributed by atoms with Gasteiger partial charge in [-0.05, 0) is 31.9 Å². The van der Waals surface area contributed by atoms with Gasteiger partial charge in [-0.25, -0.2) is 0 Å². The molecule has 5 heteroatoms. The number of nitrogens with zero attached hydrogens (tertiary/aromatic N) is 2. The first kappa shape index (κ1) is 12.7. The smallest absolute Gasteiger partial charge is 0.272 e. The van der Waals surface area contributed by atoms with Crippen LogP contribution in [0.3, 0.4) is 0 Å². The zero-order valence-corrected chi connectivity index (χ0v) is 11.3. The van der Waals surface area contributed by atoms with Crippen LogP contribution in [0.15, 0.2) is 6.07 Å². The van der Waals surface area contributed by atoms with E-state index in [1.807, 2.05) is 10.7 Å². The minimum atomic E-state index is -0.00697. The molecule has 2 aliphatic rings. The van der Waals surface area contributed by atoms with E-state index in [1.54, 1.807) is 0 Å². The number of amides is 1. The molecule has 1 aromatic heterocycles. The molecule has 0 aromatic carbocycles. The summed E-state index contributed by atoms with van der Waals surface area (Å²) in [6, 6.07) is 2.28.